The summed E-state index contributed by atoms with van der Waals surface area (Å²) >= 11 is 0. The van der Waals surface area contributed by atoms with E-state index in [2.05, 4.69) is 382 Å². The van der Waals surface area contributed by atoms with Gasteiger partial charge in [-0.25, -0.2) is 0 Å². The molecule has 0 aliphatic carbocycles. The van der Waals surface area contributed by atoms with E-state index in [9.17, 15) is 0 Å². The molecule has 498 valence electrons. The SMILES string of the molecule is [Ir+3].[c-]1cc(-c2ccccc2-c2cc(-c3ccccc3-c3c[c-]c(-n4ncc5ccccc54)cc3-c3cccc(-c4ccccc4)c3)cc(-c3ccccc3-c3c[c-]c(-n4ncc5ccccc54)cc3-c3cccc(-c4ccccc4)c3)c2)c(-c2cccc(-c3ccccc3)c2)cc1-n1ncc2ccccc21. The van der Waals surface area contributed by atoms with Crippen LogP contribution in [0.2, 0.25) is 0 Å². The van der Waals surface area contributed by atoms with Gasteiger partial charge in [0, 0.05) is 16.2 Å². The number of aromatic nitrogens is 6. The van der Waals surface area contributed by atoms with Crippen LogP contribution < -0.4 is 0 Å². The van der Waals surface area contributed by atoms with E-state index in [1.807, 2.05) is 32.6 Å². The van der Waals surface area contributed by atoms with Gasteiger partial charge in [-0.1, -0.05) is 290 Å². The smallest absolute Gasteiger partial charge is 0.258 e. The van der Waals surface area contributed by atoms with Crippen LogP contribution in [0.15, 0.2) is 383 Å². The van der Waals surface area contributed by atoms with Crippen molar-refractivity contribution < 1.29 is 20.1 Å². The Labute approximate surface area is 629 Å². The maximum Gasteiger partial charge on any atom is 3.00 e. The molecule has 0 fully saturated rings. The zero-order valence-corrected chi connectivity index (χ0v) is 59.8. The molecular formula is C99H63IrN6. The van der Waals surface area contributed by atoms with Gasteiger partial charge in [-0.2, -0.15) is 51.7 Å². The number of benzene rings is 16. The van der Waals surface area contributed by atoms with E-state index >= 15 is 0 Å². The summed E-state index contributed by atoms with van der Waals surface area (Å²) in [6.07, 6.45) is 5.80. The standard InChI is InChI=1S/C99H63N6.Ir/c1-4-25-67(26-5-1)70-34-22-37-73(55-70)94-61-82(103-97-46-19-10-31-76(97)64-100-103)49-52-91(94)88-43-16-13-40-85(88)79-58-80(86-41-14-17-44-89(86)92-53-50-83(104-98-47-20-11-32-77(98)65-101-104)62-95(92)74-38-23-35-71(56-74)68-27-6-2-7-28-68)60-81(59-79)87-42-15-18-45-90(87)93-54-51-84(105-99-48-21-12-33-78(99)66-102-105)63-96(93)75-39-24-36-72(57-75)69-29-8-3-9-30-69;/h1-48,52-66H;/q-3;+3. The molecule has 0 spiro atoms. The summed E-state index contributed by atoms with van der Waals surface area (Å²) < 4.78 is 6.02. The van der Waals surface area contributed by atoms with Crippen LogP contribution in [-0.4, -0.2) is 29.3 Å². The molecule has 3 heterocycles. The average molecular weight is 1530 g/mol. The van der Waals surface area contributed by atoms with Gasteiger partial charge < -0.3 is 0 Å². The summed E-state index contributed by atoms with van der Waals surface area (Å²) in [6.45, 7) is 0. The van der Waals surface area contributed by atoms with Crippen LogP contribution in [0.1, 0.15) is 0 Å². The van der Waals surface area contributed by atoms with Crippen molar-refractivity contribution in [3.8, 4) is 151 Å². The second kappa shape index (κ2) is 28.1. The predicted octanol–water partition coefficient (Wildman–Crippen LogP) is 25.1. The molecule has 0 radical (unpaired) electrons. The number of hydrogen-bond acceptors (Lipinski definition) is 3. The van der Waals surface area contributed by atoms with Gasteiger partial charge in [0.15, 0.2) is 0 Å². The van der Waals surface area contributed by atoms with Crippen molar-refractivity contribution in [2.24, 2.45) is 0 Å². The van der Waals surface area contributed by atoms with E-state index in [1.165, 1.54) is 0 Å². The first-order valence-electron chi connectivity index (χ1n) is 35.4. The fourth-order valence-corrected chi connectivity index (χ4v) is 15.2. The number of nitrogens with zero attached hydrogens (tertiary/aromatic N) is 6. The second-order valence-corrected chi connectivity index (χ2v) is 26.6. The molecule has 0 atom stereocenters. The Morgan fingerprint density at radius 2 is 0.415 bits per heavy atom. The molecule has 0 N–H and O–H groups in total. The third kappa shape index (κ3) is 12.2. The molecule has 19 aromatic rings. The van der Waals surface area contributed by atoms with Crippen molar-refractivity contribution in [2.75, 3.05) is 0 Å². The average Bonchev–Trinajstić information content (AvgIpc) is 1.32. The van der Waals surface area contributed by atoms with Crippen molar-refractivity contribution in [1.82, 2.24) is 29.3 Å². The molecule has 7 heteroatoms. The van der Waals surface area contributed by atoms with Gasteiger partial charge in [0.1, 0.15) is 0 Å². The van der Waals surface area contributed by atoms with E-state index < -0.39 is 0 Å². The van der Waals surface area contributed by atoms with E-state index in [1.54, 1.807) is 0 Å². The van der Waals surface area contributed by atoms with Gasteiger partial charge in [0.2, 0.25) is 0 Å². The van der Waals surface area contributed by atoms with Crippen LogP contribution in [0.3, 0.4) is 0 Å². The van der Waals surface area contributed by atoms with Crippen LogP contribution in [0, 0.1) is 18.2 Å². The summed E-state index contributed by atoms with van der Waals surface area (Å²) in [5.41, 5.74) is 31.4. The minimum absolute atomic E-state index is 0. The number of para-hydroxylation sites is 3. The van der Waals surface area contributed by atoms with Gasteiger partial charge in [-0.05, 0) is 155 Å². The van der Waals surface area contributed by atoms with Crippen molar-refractivity contribution >= 4 is 32.7 Å². The van der Waals surface area contributed by atoms with E-state index in [-0.39, 0.29) is 20.1 Å². The molecule has 0 aliphatic heterocycles. The summed E-state index contributed by atoms with van der Waals surface area (Å²) in [7, 11) is 0. The Hall–Kier alpha value is -13.4. The zero-order chi connectivity index (χ0) is 69.6. The molecule has 6 nitrogen and oxygen atoms in total. The first kappa shape index (κ1) is 64.7. The minimum atomic E-state index is 0. The summed E-state index contributed by atoms with van der Waals surface area (Å²) in [6, 6.07) is 142. The number of hydrogen-bond donors (Lipinski definition) is 0. The first-order valence-corrected chi connectivity index (χ1v) is 35.4. The van der Waals surface area contributed by atoms with Crippen molar-refractivity contribution in [3.63, 3.8) is 0 Å². The molecule has 106 heavy (non-hydrogen) atoms. The van der Waals surface area contributed by atoms with Crippen molar-refractivity contribution in [3.05, 3.63) is 401 Å². The van der Waals surface area contributed by atoms with Crippen LogP contribution in [0.4, 0.5) is 0 Å². The first-order chi connectivity index (χ1) is 52.0. The number of rotatable bonds is 15. The third-order valence-electron chi connectivity index (χ3n) is 20.3. The molecule has 0 unspecified atom stereocenters. The number of fused-ring (bicyclic) bond motifs is 3. The summed E-state index contributed by atoms with van der Waals surface area (Å²) in [4.78, 5) is 0. The fraction of sp³-hybridized carbons (Fsp3) is 0. The zero-order valence-electron chi connectivity index (χ0n) is 57.4. The Morgan fingerprint density at radius 1 is 0.179 bits per heavy atom. The summed E-state index contributed by atoms with van der Waals surface area (Å²) in [5.74, 6) is 0. The Kier molecular flexibility index (Phi) is 17.1. The normalized spacial score (nSPS) is 11.3. The molecule has 3 aromatic heterocycles. The maximum absolute atomic E-state index is 4.97. The Morgan fingerprint density at radius 3 is 0.717 bits per heavy atom. The van der Waals surface area contributed by atoms with E-state index in [0.717, 1.165) is 183 Å². The van der Waals surface area contributed by atoms with E-state index in [0.29, 0.717) is 0 Å². The van der Waals surface area contributed by atoms with Gasteiger partial charge in [0.25, 0.3) is 0 Å². The minimum Gasteiger partial charge on any atom is -0.258 e. The van der Waals surface area contributed by atoms with Gasteiger partial charge in [0.05, 0.1) is 35.1 Å². The molecule has 0 amide bonds. The molecule has 19 rings (SSSR count). The molecule has 0 saturated carbocycles. The molecule has 0 bridgehead atoms. The van der Waals surface area contributed by atoms with Gasteiger partial charge in [-0.15, -0.1) is 51.6 Å². The van der Waals surface area contributed by atoms with Crippen LogP contribution >= 0.6 is 0 Å². The van der Waals surface area contributed by atoms with Gasteiger partial charge in [-0.3, -0.25) is 14.0 Å². The monoisotopic (exact) mass is 1530 g/mol. The van der Waals surface area contributed by atoms with Crippen molar-refractivity contribution in [2.45, 2.75) is 0 Å². The largest absolute Gasteiger partial charge is 3.00 e. The molecule has 0 aliphatic rings. The van der Waals surface area contributed by atoms with E-state index in [4.69, 9.17) is 15.3 Å². The van der Waals surface area contributed by atoms with Crippen LogP contribution in [0.5, 0.6) is 0 Å². The molecular weight excluding hydrogens is 1470 g/mol. The van der Waals surface area contributed by atoms with Crippen LogP contribution in [-0.2, 0) is 20.1 Å². The van der Waals surface area contributed by atoms with Crippen LogP contribution in [0.25, 0.3) is 183 Å². The topological polar surface area (TPSA) is 53.5 Å². The predicted molar refractivity (Wildman–Crippen MR) is 432 cm³/mol. The van der Waals surface area contributed by atoms with Crippen molar-refractivity contribution in [1.29, 1.82) is 0 Å². The quantitative estimate of drug-likeness (QED) is 0.0961. The third-order valence-corrected chi connectivity index (χ3v) is 20.3. The Balaban J connectivity index is 0.00000796. The Bertz CT molecular complexity index is 5850. The summed E-state index contributed by atoms with van der Waals surface area (Å²) in [5, 5.41) is 18.1. The maximum atomic E-state index is 4.97. The fourth-order valence-electron chi connectivity index (χ4n) is 15.2. The second-order valence-electron chi connectivity index (χ2n) is 26.6. The molecule has 16 aromatic carbocycles. The van der Waals surface area contributed by atoms with Gasteiger partial charge >= 0.3 is 20.1 Å². The molecule has 0 saturated heterocycles.